The van der Waals surface area contributed by atoms with Crippen molar-refractivity contribution in [3.63, 3.8) is 0 Å². The van der Waals surface area contributed by atoms with E-state index in [2.05, 4.69) is 80.6 Å². The number of rotatable bonds is 5. The zero-order chi connectivity index (χ0) is 22.8. The molecule has 0 aliphatic heterocycles. The van der Waals surface area contributed by atoms with E-state index in [1.54, 1.807) is 6.08 Å². The van der Waals surface area contributed by atoms with Crippen LogP contribution in [0.25, 0.3) is 6.08 Å². The summed E-state index contributed by atoms with van der Waals surface area (Å²) in [5.74, 6) is 1.75. The van der Waals surface area contributed by atoms with Gasteiger partial charge < -0.3 is 0 Å². The van der Waals surface area contributed by atoms with Crippen LogP contribution in [0.4, 0.5) is 0 Å². The number of hydrogen-bond donors (Lipinski definition) is 0. The first kappa shape index (κ1) is 21.9. The lowest BCUT2D eigenvalue weighted by atomic mass is 9.79. The van der Waals surface area contributed by atoms with Crippen LogP contribution in [0.1, 0.15) is 83.4 Å². The first-order chi connectivity index (χ1) is 16.1. The molecule has 1 atom stereocenters. The highest BCUT2D eigenvalue weighted by Gasteiger charge is 2.25. The van der Waals surface area contributed by atoms with E-state index in [4.69, 9.17) is 0 Å². The van der Waals surface area contributed by atoms with Crippen LogP contribution in [-0.4, -0.2) is 5.78 Å². The minimum atomic E-state index is -0.0953. The molecule has 0 saturated heterocycles. The van der Waals surface area contributed by atoms with E-state index in [0.717, 1.165) is 24.7 Å². The summed E-state index contributed by atoms with van der Waals surface area (Å²) < 4.78 is 0. The highest BCUT2D eigenvalue weighted by Crippen LogP contribution is 2.36. The van der Waals surface area contributed by atoms with Crippen molar-refractivity contribution in [2.24, 2.45) is 5.92 Å². The van der Waals surface area contributed by atoms with E-state index in [1.165, 1.54) is 64.6 Å². The quantitative estimate of drug-likeness (QED) is 0.400. The molecule has 0 radical (unpaired) electrons. The normalized spacial score (nSPS) is 22.2. The molecule has 0 heterocycles. The van der Waals surface area contributed by atoms with Gasteiger partial charge in [-0.3, -0.25) is 4.79 Å². The summed E-state index contributed by atoms with van der Waals surface area (Å²) in [5.41, 5.74) is 9.00. The van der Waals surface area contributed by atoms with Crippen molar-refractivity contribution in [1.82, 2.24) is 0 Å². The minimum Gasteiger partial charge on any atom is -0.294 e. The number of hydrogen-bond acceptors (Lipinski definition) is 1. The Morgan fingerprint density at radius 1 is 0.818 bits per heavy atom. The molecule has 0 bridgehead atoms. The van der Waals surface area contributed by atoms with Crippen molar-refractivity contribution in [2.45, 2.75) is 64.2 Å². The largest absolute Gasteiger partial charge is 0.294 e. The molecule has 168 valence electrons. The Kier molecular flexibility index (Phi) is 6.31. The number of ketones is 1. The Labute approximate surface area is 198 Å². The average molecular weight is 435 g/mol. The lowest BCUT2D eigenvalue weighted by molar-refractivity contribution is -0.116. The Hall–Kier alpha value is -2.93. The third-order valence-corrected chi connectivity index (χ3v) is 7.86. The Morgan fingerprint density at radius 2 is 1.55 bits per heavy atom. The highest BCUT2D eigenvalue weighted by atomic mass is 16.1. The fourth-order valence-corrected chi connectivity index (χ4v) is 5.64. The van der Waals surface area contributed by atoms with Crippen LogP contribution in [0.2, 0.25) is 0 Å². The third kappa shape index (κ3) is 4.88. The van der Waals surface area contributed by atoms with Crippen LogP contribution in [-0.2, 0) is 17.6 Å². The van der Waals surface area contributed by atoms with Crippen molar-refractivity contribution in [3.05, 3.63) is 112 Å². The van der Waals surface area contributed by atoms with Gasteiger partial charge in [0.2, 0.25) is 0 Å². The standard InChI is InChI=1S/C32H34O/c1-22-7-12-26(13-8-22)27-14-9-24(10-15-27)19-25-11-16-28-17-18-32(33)31(30(28)20-25)21-29-6-4-3-5-23(29)2/h3-6,9-11,14-18,20,22,26,31H,7-8,12-13,19,21H2,1-2H3. The van der Waals surface area contributed by atoms with Gasteiger partial charge in [0.05, 0.1) is 5.92 Å². The van der Waals surface area contributed by atoms with Crippen LogP contribution >= 0.6 is 0 Å². The van der Waals surface area contributed by atoms with Crippen molar-refractivity contribution in [3.8, 4) is 0 Å². The molecule has 2 aliphatic rings. The summed E-state index contributed by atoms with van der Waals surface area (Å²) in [6.45, 7) is 4.51. The van der Waals surface area contributed by atoms with E-state index >= 15 is 0 Å². The topological polar surface area (TPSA) is 17.1 Å². The van der Waals surface area contributed by atoms with Gasteiger partial charge in [-0.05, 0) is 89.5 Å². The van der Waals surface area contributed by atoms with Gasteiger partial charge >= 0.3 is 0 Å². The third-order valence-electron chi connectivity index (χ3n) is 7.86. The Balaban J connectivity index is 1.34. The molecular formula is C32H34O. The fraction of sp³-hybridized carbons (Fsp3) is 0.344. The smallest absolute Gasteiger partial charge is 0.163 e. The lowest BCUT2D eigenvalue weighted by Crippen LogP contribution is -2.18. The summed E-state index contributed by atoms with van der Waals surface area (Å²) in [5, 5.41) is 0. The number of fused-ring (bicyclic) bond motifs is 1. The fourth-order valence-electron chi connectivity index (χ4n) is 5.64. The van der Waals surface area contributed by atoms with Crippen molar-refractivity contribution in [2.75, 3.05) is 0 Å². The second-order valence-corrected chi connectivity index (χ2v) is 10.3. The predicted octanol–water partition coefficient (Wildman–Crippen LogP) is 7.80. The second kappa shape index (κ2) is 9.51. The van der Waals surface area contributed by atoms with Crippen molar-refractivity contribution >= 4 is 11.9 Å². The molecular weight excluding hydrogens is 400 g/mol. The zero-order valence-corrected chi connectivity index (χ0v) is 19.9. The number of allylic oxidation sites excluding steroid dienone is 1. The molecule has 0 spiro atoms. The summed E-state index contributed by atoms with van der Waals surface area (Å²) in [7, 11) is 0. The number of carbonyl (C=O) groups is 1. The van der Waals surface area contributed by atoms with Crippen molar-refractivity contribution < 1.29 is 4.79 Å². The van der Waals surface area contributed by atoms with Crippen LogP contribution < -0.4 is 0 Å². The highest BCUT2D eigenvalue weighted by molar-refractivity contribution is 6.02. The predicted molar refractivity (Wildman–Crippen MR) is 138 cm³/mol. The van der Waals surface area contributed by atoms with Gasteiger partial charge in [-0.15, -0.1) is 0 Å². The first-order valence-electron chi connectivity index (χ1n) is 12.5. The second-order valence-electron chi connectivity index (χ2n) is 10.3. The maximum atomic E-state index is 12.9. The van der Waals surface area contributed by atoms with Crippen LogP contribution in [0.5, 0.6) is 0 Å². The molecule has 3 aromatic rings. The molecule has 1 nitrogen and oxygen atoms in total. The molecule has 0 amide bonds. The van der Waals surface area contributed by atoms with Crippen LogP contribution in [0, 0.1) is 12.8 Å². The van der Waals surface area contributed by atoms with E-state index in [-0.39, 0.29) is 11.7 Å². The van der Waals surface area contributed by atoms with E-state index in [1.807, 2.05) is 6.08 Å². The van der Waals surface area contributed by atoms with E-state index < -0.39 is 0 Å². The molecule has 2 aliphatic carbocycles. The van der Waals surface area contributed by atoms with Gasteiger partial charge in [0.15, 0.2) is 5.78 Å². The number of carbonyl (C=O) groups excluding carboxylic acids is 1. The molecule has 1 saturated carbocycles. The molecule has 5 rings (SSSR count). The summed E-state index contributed by atoms with van der Waals surface area (Å²) in [6.07, 6.45) is 10.8. The minimum absolute atomic E-state index is 0.0953. The van der Waals surface area contributed by atoms with Gasteiger partial charge in [0, 0.05) is 0 Å². The summed E-state index contributed by atoms with van der Waals surface area (Å²) in [4.78, 5) is 12.9. The lowest BCUT2D eigenvalue weighted by Gasteiger charge is -2.26. The maximum Gasteiger partial charge on any atom is 0.163 e. The van der Waals surface area contributed by atoms with E-state index in [0.29, 0.717) is 0 Å². The van der Waals surface area contributed by atoms with Crippen LogP contribution in [0.15, 0.2) is 72.8 Å². The summed E-state index contributed by atoms with van der Waals surface area (Å²) in [6, 6.07) is 24.4. The van der Waals surface area contributed by atoms with Gasteiger partial charge in [-0.2, -0.15) is 0 Å². The van der Waals surface area contributed by atoms with Crippen molar-refractivity contribution in [1.29, 1.82) is 0 Å². The number of benzene rings is 3. The maximum absolute atomic E-state index is 12.9. The van der Waals surface area contributed by atoms with Gasteiger partial charge in [0.25, 0.3) is 0 Å². The molecule has 0 N–H and O–H groups in total. The molecule has 33 heavy (non-hydrogen) atoms. The molecule has 1 heteroatoms. The first-order valence-corrected chi connectivity index (χ1v) is 12.5. The SMILES string of the molecule is Cc1ccccc1CC1C(=O)C=Cc2ccc(Cc3ccc(C4CCC(C)CC4)cc3)cc21. The molecule has 1 unspecified atom stereocenters. The number of aryl methyl sites for hydroxylation is 1. The van der Waals surface area contributed by atoms with Gasteiger partial charge in [-0.25, -0.2) is 0 Å². The Morgan fingerprint density at radius 3 is 2.30 bits per heavy atom. The molecule has 1 fully saturated rings. The van der Waals surface area contributed by atoms with Gasteiger partial charge in [0.1, 0.15) is 0 Å². The Bertz CT molecular complexity index is 1160. The average Bonchev–Trinajstić information content (AvgIpc) is 2.83. The zero-order valence-electron chi connectivity index (χ0n) is 19.9. The summed E-state index contributed by atoms with van der Waals surface area (Å²) >= 11 is 0. The van der Waals surface area contributed by atoms with E-state index in [9.17, 15) is 4.79 Å². The molecule has 3 aromatic carbocycles. The van der Waals surface area contributed by atoms with Crippen LogP contribution in [0.3, 0.4) is 0 Å². The monoisotopic (exact) mass is 434 g/mol. The molecule has 0 aromatic heterocycles. The van der Waals surface area contributed by atoms with Gasteiger partial charge in [-0.1, -0.05) is 92.6 Å².